The summed E-state index contributed by atoms with van der Waals surface area (Å²) in [6.45, 7) is 5.21. The summed E-state index contributed by atoms with van der Waals surface area (Å²) in [4.78, 5) is 30.6. The van der Waals surface area contributed by atoms with Gasteiger partial charge in [-0.15, -0.1) is 0 Å². The van der Waals surface area contributed by atoms with Crippen LogP contribution in [0.1, 0.15) is 66.8 Å². The smallest absolute Gasteiger partial charge is 0.344 e. The van der Waals surface area contributed by atoms with Crippen LogP contribution in [0.3, 0.4) is 0 Å². The summed E-state index contributed by atoms with van der Waals surface area (Å²) >= 11 is 0. The highest BCUT2D eigenvalue weighted by Crippen LogP contribution is 2.42. The first-order chi connectivity index (χ1) is 24.5. The zero-order chi connectivity index (χ0) is 35.6. The van der Waals surface area contributed by atoms with E-state index in [9.17, 15) is 19.4 Å². The van der Waals surface area contributed by atoms with Crippen LogP contribution in [0.15, 0.2) is 30.5 Å². The van der Waals surface area contributed by atoms with Crippen LogP contribution in [-0.2, 0) is 25.9 Å². The third-order valence-electron chi connectivity index (χ3n) is 11.1. The number of phenols is 1. The molecule has 4 aliphatic rings. The lowest BCUT2D eigenvalue weighted by atomic mass is 9.95. The minimum atomic E-state index is -0.893. The van der Waals surface area contributed by atoms with E-state index in [0.717, 1.165) is 52.7 Å². The van der Waals surface area contributed by atoms with Crippen molar-refractivity contribution in [1.29, 1.82) is 0 Å². The van der Waals surface area contributed by atoms with E-state index >= 15 is 4.39 Å². The van der Waals surface area contributed by atoms with Crippen LogP contribution in [0.25, 0.3) is 10.8 Å². The molecule has 0 bridgehead atoms. The number of phenolic OH excluding ortho intramolecular Hbond substituents is 1. The van der Waals surface area contributed by atoms with Gasteiger partial charge < -0.3 is 29.6 Å². The number of hydrogen-bond acceptors (Lipinski definition) is 10. The second-order valence-electron chi connectivity index (χ2n) is 14.6. The molecule has 270 valence electrons. The summed E-state index contributed by atoms with van der Waals surface area (Å²) in [7, 11) is 3.30. The summed E-state index contributed by atoms with van der Waals surface area (Å²) in [5.74, 6) is 0.494. The Morgan fingerprint density at radius 3 is 2.78 bits per heavy atom. The molecule has 2 saturated heterocycles. The molecular weight excluding hydrogens is 658 g/mol. The van der Waals surface area contributed by atoms with Gasteiger partial charge in [0.1, 0.15) is 30.2 Å². The number of hydrogen-bond donors (Lipinski definition) is 2. The van der Waals surface area contributed by atoms with Gasteiger partial charge in [-0.25, -0.2) is 13.6 Å². The van der Waals surface area contributed by atoms with Crippen molar-refractivity contribution >= 4 is 28.3 Å². The van der Waals surface area contributed by atoms with Gasteiger partial charge in [-0.1, -0.05) is 13.0 Å². The number of aliphatic hydroxyl groups excluding tert-OH is 1. The number of aromatic nitrogens is 4. The monoisotopic (exact) mass is 702 g/mol. The normalized spacial score (nSPS) is 23.3. The highest BCUT2D eigenvalue weighted by Gasteiger charge is 2.49. The molecule has 4 aromatic rings. The lowest BCUT2D eigenvalue weighted by Crippen LogP contribution is -2.43. The van der Waals surface area contributed by atoms with Crippen LogP contribution in [0.2, 0.25) is 0 Å². The number of carbonyl (C=O) groups excluding carboxylic acids is 1. The largest absolute Gasteiger partial charge is 0.508 e. The van der Waals surface area contributed by atoms with Crippen molar-refractivity contribution in [2.75, 3.05) is 56.7 Å². The first-order valence-corrected chi connectivity index (χ1v) is 17.9. The van der Waals surface area contributed by atoms with Crippen molar-refractivity contribution in [1.82, 2.24) is 29.5 Å². The van der Waals surface area contributed by atoms with E-state index in [1.54, 1.807) is 38.5 Å². The summed E-state index contributed by atoms with van der Waals surface area (Å²) in [6.07, 6.45) is 3.60. The van der Waals surface area contributed by atoms with Gasteiger partial charge in [0.15, 0.2) is 0 Å². The van der Waals surface area contributed by atoms with Crippen molar-refractivity contribution in [3.63, 3.8) is 0 Å². The van der Waals surface area contributed by atoms with E-state index in [1.807, 2.05) is 6.92 Å². The molecule has 3 atom stereocenters. The second kappa shape index (κ2) is 12.9. The molecule has 2 aromatic heterocycles. The summed E-state index contributed by atoms with van der Waals surface area (Å²) in [6, 6.07) is 6.38. The molecule has 2 aromatic carbocycles. The number of alkyl halides is 1. The first-order valence-electron chi connectivity index (χ1n) is 17.9. The van der Waals surface area contributed by atoms with Crippen molar-refractivity contribution in [3.8, 4) is 11.8 Å². The number of amides is 1. The van der Waals surface area contributed by atoms with Crippen LogP contribution >= 0.6 is 0 Å². The second-order valence-corrected chi connectivity index (χ2v) is 14.6. The van der Waals surface area contributed by atoms with E-state index in [2.05, 4.69) is 19.8 Å². The zero-order valence-corrected chi connectivity index (χ0v) is 29.3. The minimum absolute atomic E-state index is 0.0969. The molecule has 12 nitrogen and oxygen atoms in total. The number of rotatable bonds is 6. The van der Waals surface area contributed by atoms with Crippen molar-refractivity contribution in [2.24, 2.45) is 0 Å². The van der Waals surface area contributed by atoms with Crippen LogP contribution < -0.4 is 14.5 Å². The number of aliphatic hydroxyl groups is 1. The van der Waals surface area contributed by atoms with Crippen LogP contribution in [0.5, 0.6) is 11.8 Å². The van der Waals surface area contributed by atoms with E-state index in [4.69, 9.17) is 14.7 Å². The molecule has 0 spiro atoms. The Bertz CT molecular complexity index is 2010. The average molecular weight is 703 g/mol. The maximum absolute atomic E-state index is 15.1. The Morgan fingerprint density at radius 2 is 1.98 bits per heavy atom. The molecule has 4 aliphatic heterocycles. The van der Waals surface area contributed by atoms with E-state index in [-0.39, 0.29) is 35.8 Å². The summed E-state index contributed by atoms with van der Waals surface area (Å²) in [5.41, 5.74) is 3.81. The number of fused-ring (bicyclic) bond motifs is 4. The van der Waals surface area contributed by atoms with Gasteiger partial charge in [0, 0.05) is 81.2 Å². The third kappa shape index (κ3) is 5.91. The van der Waals surface area contributed by atoms with Crippen LogP contribution in [-0.4, -0.2) is 104 Å². The number of aryl methyl sites for hydroxylation is 1. The molecule has 2 N–H and O–H groups in total. The lowest BCUT2D eigenvalue weighted by Gasteiger charge is -2.35. The fraction of sp³-hybridized carbons (Fsp3) is 0.514. The highest BCUT2D eigenvalue weighted by atomic mass is 19.1. The molecule has 2 fully saturated rings. The van der Waals surface area contributed by atoms with E-state index in [1.165, 1.54) is 15.6 Å². The van der Waals surface area contributed by atoms with Crippen molar-refractivity contribution in [2.45, 2.75) is 76.4 Å². The fourth-order valence-electron chi connectivity index (χ4n) is 8.65. The number of benzene rings is 2. The maximum atomic E-state index is 15.1. The number of halogens is 2. The van der Waals surface area contributed by atoms with Crippen LogP contribution in [0, 0.1) is 5.82 Å². The standard InChI is InChI=1S/C37H44F2N8O4/c1-4-26-28(39)7-6-22-14-25(48)15-30(32(22)26)44-12-8-27-29(20-44)40-35(51-21-37-10-5-11-46(37)19-24(38)16-37)41-34(27)45-13-9-31(49)33-23(17-45)18-47(42-33)36(50)43(2)3/h6-7,14-15,18,24,31,48-49H,4-5,8-13,16-17,19-21H2,1-3H3/t24-,31?,37+/m1/s1. The molecule has 51 heavy (non-hydrogen) atoms. The van der Waals surface area contributed by atoms with Gasteiger partial charge in [-0.2, -0.15) is 19.7 Å². The Hall–Kier alpha value is -4.56. The molecule has 1 unspecified atom stereocenters. The molecule has 0 radical (unpaired) electrons. The van der Waals surface area contributed by atoms with Gasteiger partial charge in [0.2, 0.25) is 0 Å². The Morgan fingerprint density at radius 1 is 1.14 bits per heavy atom. The molecular formula is C37H44F2N8O4. The molecule has 14 heteroatoms. The van der Waals surface area contributed by atoms with Crippen molar-refractivity contribution < 1.29 is 28.5 Å². The lowest BCUT2D eigenvalue weighted by molar-refractivity contribution is 0.107. The third-order valence-corrected chi connectivity index (χ3v) is 11.1. The van der Waals surface area contributed by atoms with Gasteiger partial charge >= 0.3 is 12.0 Å². The predicted octanol–water partition coefficient (Wildman–Crippen LogP) is 4.72. The topological polar surface area (TPSA) is 123 Å². The predicted molar refractivity (Wildman–Crippen MR) is 188 cm³/mol. The fourth-order valence-corrected chi connectivity index (χ4v) is 8.65. The molecule has 0 aliphatic carbocycles. The van der Waals surface area contributed by atoms with Crippen LogP contribution in [0.4, 0.5) is 25.1 Å². The number of aromatic hydroxyl groups is 1. The minimum Gasteiger partial charge on any atom is -0.508 e. The zero-order valence-electron chi connectivity index (χ0n) is 29.3. The number of anilines is 2. The average Bonchev–Trinajstić information content (AvgIpc) is 3.77. The van der Waals surface area contributed by atoms with Gasteiger partial charge in [0.05, 0.1) is 29.6 Å². The van der Waals surface area contributed by atoms with Gasteiger partial charge in [-0.3, -0.25) is 4.90 Å². The Kier molecular flexibility index (Phi) is 8.49. The quantitative estimate of drug-likeness (QED) is 0.292. The van der Waals surface area contributed by atoms with E-state index in [0.29, 0.717) is 75.5 Å². The Labute approximate surface area is 295 Å². The molecule has 1 amide bonds. The Balaban J connectivity index is 1.18. The van der Waals surface area contributed by atoms with Gasteiger partial charge in [0.25, 0.3) is 0 Å². The summed E-state index contributed by atoms with van der Waals surface area (Å²) in [5, 5.41) is 27.8. The van der Waals surface area contributed by atoms with E-state index < -0.39 is 12.3 Å². The van der Waals surface area contributed by atoms with Gasteiger partial charge in [-0.05, 0) is 61.7 Å². The summed E-state index contributed by atoms with van der Waals surface area (Å²) < 4.78 is 37.4. The molecule has 6 heterocycles. The molecule has 0 saturated carbocycles. The SMILES string of the molecule is CCc1c(F)ccc2cc(O)cc(N3CCc4c(nc(OC[C@@]56CCCN5C[C@H](F)C6)nc4N4CCC(O)c5nn(C(=O)N(C)C)cc5C4)C3)c12. The molecule has 8 rings (SSSR count). The first kappa shape index (κ1) is 33.6. The van der Waals surface area contributed by atoms with Crippen molar-refractivity contribution in [3.05, 3.63) is 64.4 Å². The number of ether oxygens (including phenoxy) is 1. The highest BCUT2D eigenvalue weighted by molar-refractivity contribution is 5.98. The maximum Gasteiger partial charge on any atom is 0.344 e. The number of nitrogens with zero attached hydrogens (tertiary/aromatic N) is 8. The number of carbonyl (C=O) groups is 1.